The van der Waals surface area contributed by atoms with Crippen molar-refractivity contribution < 1.29 is 22.7 Å². The largest absolute Gasteiger partial charge is 0.479 e. The molecule has 0 saturated carbocycles. The molecule has 0 saturated heterocycles. The molecule has 0 aromatic heterocycles. The van der Waals surface area contributed by atoms with E-state index in [1.807, 2.05) is 0 Å². The van der Waals surface area contributed by atoms with Gasteiger partial charge in [0.05, 0.1) is 6.61 Å². The Hall–Kier alpha value is -1.35. The van der Waals surface area contributed by atoms with Crippen LogP contribution in [0.3, 0.4) is 0 Å². The number of hydrogen-bond acceptors (Lipinski definition) is 5. The zero-order valence-corrected chi connectivity index (χ0v) is 13.2. The van der Waals surface area contributed by atoms with Crippen molar-refractivity contribution in [2.24, 2.45) is 5.14 Å². The molecule has 9 heteroatoms. The highest BCUT2D eigenvalue weighted by atomic mass is 35.5. The average molecular weight is 337 g/mol. The summed E-state index contributed by atoms with van der Waals surface area (Å²) in [5, 5.41) is 7.87. The van der Waals surface area contributed by atoms with Crippen molar-refractivity contribution >= 4 is 27.5 Å². The van der Waals surface area contributed by atoms with Gasteiger partial charge in [0.2, 0.25) is 10.0 Å². The maximum Gasteiger partial charge on any atom is 0.260 e. The number of ether oxygens (including phenoxy) is 2. The number of nitrogens with one attached hydrogen (secondary N) is 1. The first-order valence-electron chi connectivity index (χ1n) is 6.01. The number of rotatable bonds is 7. The lowest BCUT2D eigenvalue weighted by molar-refractivity contribution is -0.127. The van der Waals surface area contributed by atoms with Crippen LogP contribution in [0.1, 0.15) is 6.92 Å². The SMILES string of the molecule is COCCNC(=O)C(C)Oc1ccc(Cl)cc1S(N)(=O)=O. The van der Waals surface area contributed by atoms with Gasteiger partial charge in [-0.3, -0.25) is 4.79 Å². The Morgan fingerprint density at radius 3 is 2.71 bits per heavy atom. The van der Waals surface area contributed by atoms with Crippen LogP contribution in [0.4, 0.5) is 0 Å². The number of halogens is 1. The van der Waals surface area contributed by atoms with Crippen LogP contribution in [-0.4, -0.2) is 40.7 Å². The smallest absolute Gasteiger partial charge is 0.260 e. The molecular weight excluding hydrogens is 320 g/mol. The summed E-state index contributed by atoms with van der Waals surface area (Å²) < 4.78 is 33.1. The molecule has 0 bridgehead atoms. The number of hydrogen-bond donors (Lipinski definition) is 2. The molecule has 21 heavy (non-hydrogen) atoms. The molecular formula is C12H17ClN2O5S. The normalized spacial score (nSPS) is 12.8. The molecule has 118 valence electrons. The molecule has 3 N–H and O–H groups in total. The molecule has 0 fully saturated rings. The monoisotopic (exact) mass is 336 g/mol. The lowest BCUT2D eigenvalue weighted by atomic mass is 10.3. The number of primary sulfonamides is 1. The minimum Gasteiger partial charge on any atom is -0.479 e. The van der Waals surface area contributed by atoms with Gasteiger partial charge in [-0.1, -0.05) is 11.6 Å². The van der Waals surface area contributed by atoms with Crippen molar-refractivity contribution in [2.75, 3.05) is 20.3 Å². The Bertz CT molecular complexity index is 606. The van der Waals surface area contributed by atoms with E-state index < -0.39 is 22.0 Å². The van der Waals surface area contributed by atoms with Gasteiger partial charge >= 0.3 is 0 Å². The zero-order valence-electron chi connectivity index (χ0n) is 11.6. The van der Waals surface area contributed by atoms with Crippen LogP contribution in [0, 0.1) is 0 Å². The van der Waals surface area contributed by atoms with Gasteiger partial charge in [0, 0.05) is 18.7 Å². The van der Waals surface area contributed by atoms with Gasteiger partial charge < -0.3 is 14.8 Å². The van der Waals surface area contributed by atoms with Crippen LogP contribution in [0.15, 0.2) is 23.1 Å². The Morgan fingerprint density at radius 2 is 2.14 bits per heavy atom. The first-order valence-corrected chi connectivity index (χ1v) is 7.93. The van der Waals surface area contributed by atoms with Crippen LogP contribution >= 0.6 is 11.6 Å². The molecule has 0 aliphatic carbocycles. The molecule has 0 radical (unpaired) electrons. The number of benzene rings is 1. The molecule has 1 aromatic rings. The predicted molar refractivity (Wildman–Crippen MR) is 77.8 cm³/mol. The molecule has 0 heterocycles. The molecule has 7 nitrogen and oxygen atoms in total. The summed E-state index contributed by atoms with van der Waals surface area (Å²) in [6.45, 7) is 2.18. The first kappa shape index (κ1) is 17.7. The standard InChI is InChI=1S/C12H17ClN2O5S/c1-8(12(16)15-5-6-19-2)20-10-4-3-9(13)7-11(10)21(14,17)18/h3-4,7-8H,5-6H2,1-2H3,(H,15,16)(H2,14,17,18). The van der Waals surface area contributed by atoms with E-state index in [1.54, 1.807) is 0 Å². The van der Waals surface area contributed by atoms with Crippen molar-refractivity contribution in [3.8, 4) is 5.75 Å². The summed E-state index contributed by atoms with van der Waals surface area (Å²) in [6, 6.07) is 3.96. The minimum absolute atomic E-state index is 0.0312. The van der Waals surface area contributed by atoms with E-state index in [1.165, 1.54) is 32.2 Å². The van der Waals surface area contributed by atoms with Crippen molar-refractivity contribution in [3.63, 3.8) is 0 Å². The fourth-order valence-corrected chi connectivity index (χ4v) is 2.39. The Balaban J connectivity index is 2.85. The summed E-state index contributed by atoms with van der Waals surface area (Å²) in [5.74, 6) is -0.432. The second kappa shape index (κ2) is 7.60. The van der Waals surface area contributed by atoms with Gasteiger partial charge in [0.1, 0.15) is 10.6 Å². The van der Waals surface area contributed by atoms with Crippen LogP contribution in [0.25, 0.3) is 0 Å². The molecule has 1 aromatic carbocycles. The highest BCUT2D eigenvalue weighted by Gasteiger charge is 2.20. The third kappa shape index (κ3) is 5.50. The maximum atomic E-state index is 11.8. The van der Waals surface area contributed by atoms with Gasteiger partial charge in [0.25, 0.3) is 5.91 Å². The summed E-state index contributed by atoms with van der Waals surface area (Å²) in [5.41, 5.74) is 0. The van der Waals surface area contributed by atoms with E-state index in [2.05, 4.69) is 5.32 Å². The number of methoxy groups -OCH3 is 1. The van der Waals surface area contributed by atoms with Crippen LogP contribution in [0.5, 0.6) is 5.75 Å². The second-order valence-corrected chi connectivity index (χ2v) is 6.15. The van der Waals surface area contributed by atoms with E-state index >= 15 is 0 Å². The summed E-state index contributed by atoms with van der Waals surface area (Å²) in [4.78, 5) is 11.5. The van der Waals surface area contributed by atoms with Crippen LogP contribution < -0.4 is 15.2 Å². The molecule has 1 atom stereocenters. The third-order valence-corrected chi connectivity index (χ3v) is 3.66. The fraction of sp³-hybridized carbons (Fsp3) is 0.417. The van der Waals surface area contributed by atoms with Crippen molar-refractivity contribution in [1.29, 1.82) is 0 Å². The molecule has 1 amide bonds. The number of carbonyl (C=O) groups is 1. The molecule has 1 unspecified atom stereocenters. The van der Waals surface area contributed by atoms with E-state index in [0.717, 1.165) is 0 Å². The van der Waals surface area contributed by atoms with Gasteiger partial charge in [-0.25, -0.2) is 13.6 Å². The Labute approximate surface area is 128 Å². The lowest BCUT2D eigenvalue weighted by Gasteiger charge is -2.16. The maximum absolute atomic E-state index is 11.8. The van der Waals surface area contributed by atoms with E-state index in [4.69, 9.17) is 26.2 Å². The van der Waals surface area contributed by atoms with Crippen LogP contribution in [0.2, 0.25) is 5.02 Å². The number of sulfonamides is 1. The van der Waals surface area contributed by atoms with Crippen LogP contribution in [-0.2, 0) is 19.6 Å². The van der Waals surface area contributed by atoms with Crippen molar-refractivity contribution in [1.82, 2.24) is 5.32 Å². The van der Waals surface area contributed by atoms with Gasteiger partial charge in [-0.15, -0.1) is 0 Å². The predicted octanol–water partition coefficient (Wildman–Crippen LogP) is 0.517. The number of nitrogens with two attached hydrogens (primary N) is 1. The molecule has 0 aliphatic heterocycles. The van der Waals surface area contributed by atoms with Crippen molar-refractivity contribution in [3.05, 3.63) is 23.2 Å². The fourth-order valence-electron chi connectivity index (χ4n) is 1.47. The highest BCUT2D eigenvalue weighted by molar-refractivity contribution is 7.89. The second-order valence-electron chi connectivity index (χ2n) is 4.18. The van der Waals surface area contributed by atoms with Gasteiger partial charge in [0.15, 0.2) is 6.10 Å². The van der Waals surface area contributed by atoms with E-state index in [-0.39, 0.29) is 15.7 Å². The first-order chi connectivity index (χ1) is 9.75. The Kier molecular flexibility index (Phi) is 6.41. The third-order valence-electron chi connectivity index (χ3n) is 2.49. The quantitative estimate of drug-likeness (QED) is 0.706. The Morgan fingerprint density at radius 1 is 1.48 bits per heavy atom. The molecule has 0 spiro atoms. The van der Waals surface area contributed by atoms with Gasteiger partial charge in [-0.05, 0) is 25.1 Å². The minimum atomic E-state index is -4.01. The highest BCUT2D eigenvalue weighted by Crippen LogP contribution is 2.27. The number of carbonyl (C=O) groups excluding carboxylic acids is 1. The average Bonchev–Trinajstić information content (AvgIpc) is 2.39. The van der Waals surface area contributed by atoms with Crippen molar-refractivity contribution in [2.45, 2.75) is 17.9 Å². The topological polar surface area (TPSA) is 108 Å². The zero-order chi connectivity index (χ0) is 16.0. The number of amides is 1. The molecule has 0 aliphatic rings. The van der Waals surface area contributed by atoms with Gasteiger partial charge in [-0.2, -0.15) is 0 Å². The van der Waals surface area contributed by atoms with E-state index in [9.17, 15) is 13.2 Å². The van der Waals surface area contributed by atoms with E-state index in [0.29, 0.717) is 13.2 Å². The lowest BCUT2D eigenvalue weighted by Crippen LogP contribution is -2.38. The summed E-state index contributed by atoms with van der Waals surface area (Å²) in [7, 11) is -2.50. The molecule has 1 rings (SSSR count). The summed E-state index contributed by atoms with van der Waals surface area (Å²) >= 11 is 5.74. The summed E-state index contributed by atoms with van der Waals surface area (Å²) in [6.07, 6.45) is -0.900.